The molecule has 1 atom stereocenters. The Bertz CT molecular complexity index is 1170. The van der Waals surface area contributed by atoms with Gasteiger partial charge in [-0.05, 0) is 68.1 Å². The molecule has 0 radical (unpaired) electrons. The zero-order chi connectivity index (χ0) is 22.0. The van der Waals surface area contributed by atoms with Crippen LogP contribution in [0.25, 0.3) is 0 Å². The van der Waals surface area contributed by atoms with E-state index < -0.39 is 0 Å². The maximum absolute atomic E-state index is 13.3. The van der Waals surface area contributed by atoms with Gasteiger partial charge in [0.25, 0.3) is 5.91 Å². The Labute approximate surface area is 184 Å². The first kappa shape index (κ1) is 21.0. The van der Waals surface area contributed by atoms with Crippen LogP contribution in [0.15, 0.2) is 44.2 Å². The van der Waals surface area contributed by atoms with Crippen LogP contribution in [0.1, 0.15) is 61.7 Å². The fourth-order valence-corrected chi connectivity index (χ4v) is 4.34. The van der Waals surface area contributed by atoms with Crippen LogP contribution >= 0.6 is 11.3 Å². The number of hydrogen-bond donors (Lipinski definition) is 1. The van der Waals surface area contributed by atoms with Gasteiger partial charge in [-0.1, -0.05) is 16.4 Å². The molecule has 1 N–H and O–H groups in total. The summed E-state index contributed by atoms with van der Waals surface area (Å²) in [4.78, 5) is 17.8. The van der Waals surface area contributed by atoms with Gasteiger partial charge in [0.1, 0.15) is 11.5 Å². The summed E-state index contributed by atoms with van der Waals surface area (Å²) >= 11 is 1.63. The maximum Gasteiger partial charge on any atom is 0.274 e. The molecule has 0 bridgehead atoms. The van der Waals surface area contributed by atoms with Crippen LogP contribution in [0.3, 0.4) is 0 Å². The number of carbonyl (C=O) groups is 1. The first-order chi connectivity index (χ1) is 14.9. The molecule has 1 amide bonds. The number of carbonyl (C=O) groups excluding carboxylic acids is 1. The lowest BCUT2D eigenvalue weighted by Gasteiger charge is -2.19. The number of aryl methyl sites for hydroxylation is 4. The van der Waals surface area contributed by atoms with E-state index in [1.807, 2.05) is 45.2 Å². The molecule has 0 unspecified atom stereocenters. The Morgan fingerprint density at radius 1 is 1.10 bits per heavy atom. The number of amides is 1. The molecule has 31 heavy (non-hydrogen) atoms. The van der Waals surface area contributed by atoms with Gasteiger partial charge in [-0.15, -0.1) is 0 Å². The summed E-state index contributed by atoms with van der Waals surface area (Å²) in [6.07, 6.45) is 2.86. The predicted molar refractivity (Wildman–Crippen MR) is 117 cm³/mol. The highest BCUT2D eigenvalue weighted by atomic mass is 32.1. The molecule has 4 heterocycles. The second-order valence-corrected chi connectivity index (χ2v) is 8.39. The Hall–Kier alpha value is -3.26. The Morgan fingerprint density at radius 3 is 2.55 bits per heavy atom. The van der Waals surface area contributed by atoms with Gasteiger partial charge >= 0.3 is 0 Å². The van der Waals surface area contributed by atoms with Crippen molar-refractivity contribution in [3.8, 4) is 0 Å². The van der Waals surface area contributed by atoms with Crippen molar-refractivity contribution in [3.05, 3.63) is 86.0 Å². The van der Waals surface area contributed by atoms with E-state index in [1.165, 1.54) is 0 Å². The van der Waals surface area contributed by atoms with Crippen molar-refractivity contribution < 1.29 is 13.8 Å². The Balaban J connectivity index is 1.63. The average Bonchev–Trinajstić information content (AvgIpc) is 3.46. The number of thiophene rings is 1. The third-order valence-electron chi connectivity index (χ3n) is 5.44. The molecule has 7 nitrogen and oxygen atoms in total. The minimum absolute atomic E-state index is 0.279. The lowest BCUT2D eigenvalue weighted by molar-refractivity contribution is 0.0925. The number of nitrogens with zero attached hydrogens (tertiary/aromatic N) is 3. The van der Waals surface area contributed by atoms with Crippen molar-refractivity contribution >= 4 is 17.2 Å². The van der Waals surface area contributed by atoms with Crippen LogP contribution in [0, 0.1) is 27.7 Å². The summed E-state index contributed by atoms with van der Waals surface area (Å²) in [5, 5.41) is 15.3. The van der Waals surface area contributed by atoms with Crippen LogP contribution in [0.2, 0.25) is 0 Å². The highest BCUT2D eigenvalue weighted by molar-refractivity contribution is 7.07. The van der Waals surface area contributed by atoms with Gasteiger partial charge < -0.3 is 14.4 Å². The molecule has 0 aliphatic heterocycles. The van der Waals surface area contributed by atoms with E-state index in [1.54, 1.807) is 17.5 Å². The SMILES string of the molecule is Cc1cccnc1[C@H](Cc1ccsc1)NC(=O)c1noc(C)c1Cc1c(C)noc1C. The number of pyridine rings is 1. The molecule has 0 saturated carbocycles. The topological polar surface area (TPSA) is 94.1 Å². The minimum atomic E-state index is -0.288. The molecule has 0 fully saturated rings. The molecular weight excluding hydrogens is 412 g/mol. The largest absolute Gasteiger partial charge is 0.361 e. The molecule has 0 aliphatic carbocycles. The third-order valence-corrected chi connectivity index (χ3v) is 6.17. The van der Waals surface area contributed by atoms with Crippen LogP contribution in [0.5, 0.6) is 0 Å². The van der Waals surface area contributed by atoms with Gasteiger partial charge in [0.2, 0.25) is 0 Å². The van der Waals surface area contributed by atoms with Gasteiger partial charge in [-0.25, -0.2) is 0 Å². The number of hydrogen-bond acceptors (Lipinski definition) is 7. The maximum atomic E-state index is 13.3. The fraction of sp³-hybridized carbons (Fsp3) is 0.304. The predicted octanol–water partition coefficient (Wildman–Crippen LogP) is 4.66. The van der Waals surface area contributed by atoms with E-state index in [0.29, 0.717) is 18.6 Å². The number of nitrogens with one attached hydrogen (secondary N) is 1. The standard InChI is InChI=1S/C23H24N4O3S/c1-13-6-5-8-24-21(13)20(10-17-7-9-31-12-17)25-23(28)22-19(16(4)30-27-22)11-18-14(2)26-29-15(18)3/h5-9,12,20H,10-11H2,1-4H3,(H,25,28)/t20-/m0/s1. The molecule has 0 spiro atoms. The van der Waals surface area contributed by atoms with Crippen molar-refractivity contribution in [1.29, 1.82) is 0 Å². The molecule has 0 aliphatic rings. The minimum Gasteiger partial charge on any atom is -0.361 e. The molecule has 4 aromatic heterocycles. The lowest BCUT2D eigenvalue weighted by Crippen LogP contribution is -2.32. The van der Waals surface area contributed by atoms with E-state index in [-0.39, 0.29) is 17.6 Å². The first-order valence-corrected chi connectivity index (χ1v) is 11.0. The van der Waals surface area contributed by atoms with Gasteiger partial charge in [0.15, 0.2) is 5.69 Å². The van der Waals surface area contributed by atoms with Crippen LogP contribution < -0.4 is 5.32 Å². The molecule has 4 rings (SSSR count). The molecule has 160 valence electrons. The average molecular weight is 437 g/mol. The zero-order valence-corrected chi connectivity index (χ0v) is 18.7. The smallest absolute Gasteiger partial charge is 0.274 e. The van der Waals surface area contributed by atoms with Crippen LogP contribution in [-0.2, 0) is 12.8 Å². The van der Waals surface area contributed by atoms with Crippen LogP contribution in [0.4, 0.5) is 0 Å². The summed E-state index contributed by atoms with van der Waals surface area (Å²) in [7, 11) is 0. The molecular formula is C23H24N4O3S. The van der Waals surface area contributed by atoms with Crippen molar-refractivity contribution in [2.45, 2.75) is 46.6 Å². The second-order valence-electron chi connectivity index (χ2n) is 7.61. The highest BCUT2D eigenvalue weighted by Gasteiger charge is 2.26. The van der Waals surface area contributed by atoms with E-state index in [0.717, 1.165) is 39.4 Å². The summed E-state index contributed by atoms with van der Waals surface area (Å²) in [6.45, 7) is 7.55. The van der Waals surface area contributed by atoms with E-state index in [2.05, 4.69) is 32.1 Å². The number of aromatic nitrogens is 3. The molecule has 0 saturated heterocycles. The molecule has 8 heteroatoms. The normalized spacial score (nSPS) is 12.1. The summed E-state index contributed by atoms with van der Waals surface area (Å²) < 4.78 is 10.7. The second kappa shape index (κ2) is 8.85. The Morgan fingerprint density at radius 2 is 1.87 bits per heavy atom. The van der Waals surface area contributed by atoms with Crippen molar-refractivity contribution in [3.63, 3.8) is 0 Å². The third kappa shape index (κ3) is 4.44. The van der Waals surface area contributed by atoms with E-state index in [4.69, 9.17) is 9.05 Å². The number of rotatable bonds is 7. The van der Waals surface area contributed by atoms with Gasteiger partial charge in [0.05, 0.1) is 17.4 Å². The monoisotopic (exact) mass is 436 g/mol. The Kier molecular flexibility index (Phi) is 5.99. The summed E-state index contributed by atoms with van der Waals surface area (Å²) in [5.41, 5.74) is 5.76. The molecule has 0 aromatic carbocycles. The highest BCUT2D eigenvalue weighted by Crippen LogP contribution is 2.25. The van der Waals surface area contributed by atoms with Gasteiger partial charge in [-0.2, -0.15) is 11.3 Å². The van der Waals surface area contributed by atoms with Crippen molar-refractivity contribution in [1.82, 2.24) is 20.6 Å². The molecule has 4 aromatic rings. The van der Waals surface area contributed by atoms with E-state index >= 15 is 0 Å². The fourth-order valence-electron chi connectivity index (χ4n) is 3.66. The first-order valence-electron chi connectivity index (χ1n) is 10.0. The summed E-state index contributed by atoms with van der Waals surface area (Å²) in [5.74, 6) is 1.04. The quantitative estimate of drug-likeness (QED) is 0.453. The summed E-state index contributed by atoms with van der Waals surface area (Å²) in [6, 6.07) is 5.67. The van der Waals surface area contributed by atoms with Crippen LogP contribution in [-0.4, -0.2) is 21.2 Å². The van der Waals surface area contributed by atoms with Crippen molar-refractivity contribution in [2.24, 2.45) is 0 Å². The van der Waals surface area contributed by atoms with Gasteiger partial charge in [0, 0.05) is 23.7 Å². The van der Waals surface area contributed by atoms with E-state index in [9.17, 15) is 4.79 Å². The van der Waals surface area contributed by atoms with Crippen molar-refractivity contribution in [2.75, 3.05) is 0 Å². The van der Waals surface area contributed by atoms with Gasteiger partial charge in [-0.3, -0.25) is 9.78 Å². The lowest BCUT2D eigenvalue weighted by atomic mass is 9.99. The zero-order valence-electron chi connectivity index (χ0n) is 17.9.